The topological polar surface area (TPSA) is 57.9 Å². The Labute approximate surface area is 191 Å². The first-order chi connectivity index (χ1) is 13.7. The SMILES string of the molecule is CCNC(=NCCCN(C)c1ccccc1)N1CCOC(c2cnn(C)c2)C1.I. The predicted octanol–water partition coefficient (Wildman–Crippen LogP) is 2.90. The zero-order chi connectivity index (χ0) is 19.8. The number of halogens is 1. The summed E-state index contributed by atoms with van der Waals surface area (Å²) >= 11 is 0. The summed E-state index contributed by atoms with van der Waals surface area (Å²) in [4.78, 5) is 9.44. The first-order valence-corrected chi connectivity index (χ1v) is 10.1. The van der Waals surface area contributed by atoms with Crippen molar-refractivity contribution >= 4 is 35.6 Å². The molecule has 2 aromatic rings. The highest BCUT2D eigenvalue weighted by Crippen LogP contribution is 2.21. The minimum absolute atomic E-state index is 0. The molecule has 0 spiro atoms. The van der Waals surface area contributed by atoms with E-state index in [4.69, 9.17) is 9.73 Å². The maximum atomic E-state index is 5.96. The highest BCUT2D eigenvalue weighted by Gasteiger charge is 2.25. The molecule has 160 valence electrons. The summed E-state index contributed by atoms with van der Waals surface area (Å²) in [6.07, 6.45) is 4.96. The lowest BCUT2D eigenvalue weighted by atomic mass is 10.1. The second kappa shape index (κ2) is 12.0. The number of hydrogen-bond donors (Lipinski definition) is 1. The van der Waals surface area contributed by atoms with Crippen LogP contribution in [-0.2, 0) is 11.8 Å². The van der Waals surface area contributed by atoms with E-state index in [1.165, 1.54) is 5.69 Å². The van der Waals surface area contributed by atoms with Crippen LogP contribution in [0.2, 0.25) is 0 Å². The Hall–Kier alpha value is -1.81. The van der Waals surface area contributed by atoms with Crippen LogP contribution in [0.1, 0.15) is 25.0 Å². The van der Waals surface area contributed by atoms with Gasteiger partial charge in [0.05, 0.1) is 19.3 Å². The number of morpholine rings is 1. The highest BCUT2D eigenvalue weighted by atomic mass is 127. The summed E-state index contributed by atoms with van der Waals surface area (Å²) in [5.74, 6) is 0.974. The molecule has 2 heterocycles. The largest absolute Gasteiger partial charge is 0.375 e. The second-order valence-electron chi connectivity index (χ2n) is 7.10. The molecule has 8 heteroatoms. The van der Waals surface area contributed by atoms with Crippen molar-refractivity contribution in [2.75, 3.05) is 51.3 Å². The van der Waals surface area contributed by atoms with E-state index in [-0.39, 0.29) is 30.1 Å². The third-order valence-electron chi connectivity index (χ3n) is 4.91. The molecule has 0 radical (unpaired) electrons. The van der Waals surface area contributed by atoms with Crippen LogP contribution in [0.3, 0.4) is 0 Å². The zero-order valence-electron chi connectivity index (χ0n) is 17.6. The maximum Gasteiger partial charge on any atom is 0.194 e. The first-order valence-electron chi connectivity index (χ1n) is 10.1. The number of aliphatic imine (C=N–C) groups is 1. The van der Waals surface area contributed by atoms with E-state index in [2.05, 4.69) is 58.5 Å². The third kappa shape index (κ3) is 6.88. The number of rotatable bonds is 7. The molecule has 1 aliphatic rings. The summed E-state index contributed by atoms with van der Waals surface area (Å²) in [6.45, 7) is 7.09. The van der Waals surface area contributed by atoms with Gasteiger partial charge in [0.2, 0.25) is 0 Å². The number of aromatic nitrogens is 2. The van der Waals surface area contributed by atoms with E-state index < -0.39 is 0 Å². The van der Waals surface area contributed by atoms with Crippen LogP contribution >= 0.6 is 24.0 Å². The number of para-hydroxylation sites is 1. The smallest absolute Gasteiger partial charge is 0.194 e. The van der Waals surface area contributed by atoms with Crippen LogP contribution in [0, 0.1) is 0 Å². The molecular formula is C21H33IN6O. The number of hydrogen-bond acceptors (Lipinski definition) is 4. The molecule has 1 saturated heterocycles. The molecule has 1 aliphatic heterocycles. The van der Waals surface area contributed by atoms with Gasteiger partial charge in [-0.2, -0.15) is 5.10 Å². The Morgan fingerprint density at radius 2 is 2.14 bits per heavy atom. The summed E-state index contributed by atoms with van der Waals surface area (Å²) in [7, 11) is 4.06. The number of guanidine groups is 1. The minimum atomic E-state index is 0. The number of anilines is 1. The van der Waals surface area contributed by atoms with E-state index in [1.54, 1.807) is 0 Å². The van der Waals surface area contributed by atoms with Gasteiger partial charge in [-0.3, -0.25) is 9.67 Å². The Balaban J connectivity index is 0.00000300. The zero-order valence-corrected chi connectivity index (χ0v) is 20.0. The van der Waals surface area contributed by atoms with Crippen LogP contribution in [0.25, 0.3) is 0 Å². The monoisotopic (exact) mass is 512 g/mol. The number of benzene rings is 1. The van der Waals surface area contributed by atoms with Gasteiger partial charge in [-0.25, -0.2) is 0 Å². The van der Waals surface area contributed by atoms with E-state index in [1.807, 2.05) is 30.2 Å². The molecule has 1 fully saturated rings. The summed E-state index contributed by atoms with van der Waals surface area (Å²) in [6, 6.07) is 10.5. The van der Waals surface area contributed by atoms with Gasteiger partial charge >= 0.3 is 0 Å². The van der Waals surface area contributed by atoms with Crippen molar-refractivity contribution in [1.82, 2.24) is 20.0 Å². The van der Waals surface area contributed by atoms with E-state index in [0.717, 1.165) is 50.7 Å². The highest BCUT2D eigenvalue weighted by molar-refractivity contribution is 14.0. The number of nitrogens with zero attached hydrogens (tertiary/aromatic N) is 5. The van der Waals surface area contributed by atoms with Crippen molar-refractivity contribution < 1.29 is 4.74 Å². The molecule has 1 aromatic carbocycles. The number of aryl methyl sites for hydroxylation is 1. The van der Waals surface area contributed by atoms with Crippen LogP contribution in [-0.4, -0.2) is 67.0 Å². The molecule has 7 nitrogen and oxygen atoms in total. The molecule has 0 saturated carbocycles. The molecule has 29 heavy (non-hydrogen) atoms. The Morgan fingerprint density at radius 1 is 1.34 bits per heavy atom. The van der Waals surface area contributed by atoms with Crippen LogP contribution in [0.15, 0.2) is 47.7 Å². The Bertz CT molecular complexity index is 751. The lowest BCUT2D eigenvalue weighted by Crippen LogP contribution is -2.48. The molecule has 0 bridgehead atoms. The summed E-state index contributed by atoms with van der Waals surface area (Å²) in [5.41, 5.74) is 2.36. The fourth-order valence-corrected chi connectivity index (χ4v) is 3.38. The lowest BCUT2D eigenvalue weighted by Gasteiger charge is -2.34. The van der Waals surface area contributed by atoms with Gasteiger partial charge < -0.3 is 19.9 Å². The average Bonchev–Trinajstić information content (AvgIpc) is 3.17. The number of ether oxygens (including phenoxy) is 1. The molecule has 1 atom stereocenters. The molecule has 1 N–H and O–H groups in total. The lowest BCUT2D eigenvalue weighted by molar-refractivity contribution is -0.00803. The van der Waals surface area contributed by atoms with Gasteiger partial charge in [0.1, 0.15) is 6.10 Å². The summed E-state index contributed by atoms with van der Waals surface area (Å²) < 4.78 is 7.78. The third-order valence-corrected chi connectivity index (χ3v) is 4.91. The van der Waals surface area contributed by atoms with Crippen molar-refractivity contribution in [2.24, 2.45) is 12.0 Å². The molecular weight excluding hydrogens is 479 g/mol. The van der Waals surface area contributed by atoms with Crippen molar-refractivity contribution in [3.05, 3.63) is 48.3 Å². The molecule has 0 aliphatic carbocycles. The van der Waals surface area contributed by atoms with Gasteiger partial charge in [-0.1, -0.05) is 18.2 Å². The average molecular weight is 512 g/mol. The first kappa shape index (κ1) is 23.5. The van der Waals surface area contributed by atoms with E-state index in [0.29, 0.717) is 6.61 Å². The van der Waals surface area contributed by atoms with Crippen LogP contribution < -0.4 is 10.2 Å². The quantitative estimate of drug-likeness (QED) is 0.268. The standard InChI is InChI=1S/C21H32N6O.HI/c1-4-22-21(23-11-8-12-25(2)19-9-6-5-7-10-19)27-13-14-28-20(17-27)18-15-24-26(3)16-18;/h5-7,9-10,15-16,20H,4,8,11-14,17H2,1-3H3,(H,22,23);1H. The normalized spacial score (nSPS) is 17.0. The van der Waals surface area contributed by atoms with Gasteiger partial charge in [0, 0.05) is 57.7 Å². The van der Waals surface area contributed by atoms with Gasteiger partial charge in [-0.15, -0.1) is 24.0 Å². The van der Waals surface area contributed by atoms with Crippen molar-refractivity contribution in [2.45, 2.75) is 19.4 Å². The van der Waals surface area contributed by atoms with Gasteiger partial charge in [0.25, 0.3) is 0 Å². The van der Waals surface area contributed by atoms with Gasteiger partial charge in [0.15, 0.2) is 5.96 Å². The molecule has 1 aromatic heterocycles. The Morgan fingerprint density at radius 3 is 2.83 bits per heavy atom. The second-order valence-corrected chi connectivity index (χ2v) is 7.10. The fourth-order valence-electron chi connectivity index (χ4n) is 3.38. The predicted molar refractivity (Wildman–Crippen MR) is 129 cm³/mol. The van der Waals surface area contributed by atoms with E-state index >= 15 is 0 Å². The molecule has 3 rings (SSSR count). The molecule has 1 unspecified atom stereocenters. The Kier molecular flexibility index (Phi) is 9.72. The minimum Gasteiger partial charge on any atom is -0.375 e. The van der Waals surface area contributed by atoms with Crippen molar-refractivity contribution in [3.8, 4) is 0 Å². The van der Waals surface area contributed by atoms with E-state index in [9.17, 15) is 0 Å². The van der Waals surface area contributed by atoms with Gasteiger partial charge in [-0.05, 0) is 25.5 Å². The summed E-state index contributed by atoms with van der Waals surface area (Å²) in [5, 5.41) is 7.70. The molecule has 0 amide bonds. The van der Waals surface area contributed by atoms with Crippen LogP contribution in [0.4, 0.5) is 5.69 Å². The van der Waals surface area contributed by atoms with Crippen molar-refractivity contribution in [1.29, 1.82) is 0 Å². The maximum absolute atomic E-state index is 5.96. The number of nitrogens with one attached hydrogen (secondary N) is 1. The van der Waals surface area contributed by atoms with Crippen molar-refractivity contribution in [3.63, 3.8) is 0 Å². The van der Waals surface area contributed by atoms with Crippen LogP contribution in [0.5, 0.6) is 0 Å². The fraction of sp³-hybridized carbons (Fsp3) is 0.524.